The normalized spacial score (nSPS) is 12.2. The molecule has 4 nitrogen and oxygen atoms in total. The summed E-state index contributed by atoms with van der Waals surface area (Å²) >= 11 is 0. The lowest BCUT2D eigenvalue weighted by molar-refractivity contribution is -0.137. The molecule has 0 aliphatic rings. The van der Waals surface area contributed by atoms with Gasteiger partial charge in [0.05, 0.1) is 5.75 Å². The third-order valence-corrected chi connectivity index (χ3v) is 2.53. The van der Waals surface area contributed by atoms with E-state index in [9.17, 15) is 26.4 Å². The van der Waals surface area contributed by atoms with Gasteiger partial charge in [-0.2, -0.15) is 13.2 Å². The summed E-state index contributed by atoms with van der Waals surface area (Å²) in [5, 5.41) is 0. The molecule has 0 heterocycles. The second-order valence-corrected chi connectivity index (χ2v) is 4.24. The predicted octanol–water partition coefficient (Wildman–Crippen LogP) is 0.650. The van der Waals surface area contributed by atoms with Gasteiger partial charge < -0.3 is 4.74 Å². The molecule has 14 heavy (non-hydrogen) atoms. The molecule has 0 N–H and O–H groups in total. The molecule has 0 aromatic carbocycles. The third-order valence-electron chi connectivity index (χ3n) is 1.12. The van der Waals surface area contributed by atoms with Crippen molar-refractivity contribution in [1.82, 2.24) is 0 Å². The fraction of sp³-hybridized carbons (Fsp3) is 0.500. The zero-order valence-electron chi connectivity index (χ0n) is 6.87. The van der Waals surface area contributed by atoms with E-state index >= 15 is 0 Å². The summed E-state index contributed by atoms with van der Waals surface area (Å²) in [5.74, 6) is -2.25. The van der Waals surface area contributed by atoms with E-state index in [0.717, 1.165) is 6.08 Å². The van der Waals surface area contributed by atoms with Crippen molar-refractivity contribution in [3.63, 3.8) is 0 Å². The number of carbonyl (C=O) groups is 1. The summed E-state index contributed by atoms with van der Waals surface area (Å²) in [6, 6.07) is 0. The van der Waals surface area contributed by atoms with Gasteiger partial charge in [0.15, 0.2) is 0 Å². The highest BCUT2D eigenvalue weighted by molar-refractivity contribution is 7.92. The monoisotopic (exact) mass is 232 g/mol. The van der Waals surface area contributed by atoms with Crippen molar-refractivity contribution >= 4 is 15.8 Å². The molecule has 8 heteroatoms. The van der Waals surface area contributed by atoms with Gasteiger partial charge in [-0.25, -0.2) is 13.2 Å². The summed E-state index contributed by atoms with van der Waals surface area (Å²) in [6.07, 6.45) is 0.722. The van der Waals surface area contributed by atoms with Gasteiger partial charge in [-0.3, -0.25) is 0 Å². The molecular weight excluding hydrogens is 225 g/mol. The molecule has 0 bridgehead atoms. The molecule has 0 fully saturated rings. The maximum Gasteiger partial charge on any atom is 0.497 e. The molecule has 82 valence electrons. The van der Waals surface area contributed by atoms with E-state index in [1.54, 1.807) is 0 Å². The summed E-state index contributed by atoms with van der Waals surface area (Å²) < 4.78 is 59.9. The lowest BCUT2D eigenvalue weighted by Gasteiger charge is -2.07. The first-order chi connectivity index (χ1) is 6.20. The van der Waals surface area contributed by atoms with Crippen LogP contribution in [0.15, 0.2) is 12.7 Å². The standard InChI is InChI=1S/C6H7F3O4S/c1-2-5(10)13-3-4-14(11,12)6(7,8)9/h2H,1,3-4H2. The number of ether oxygens (including phenoxy) is 1. The van der Waals surface area contributed by atoms with Crippen LogP contribution in [0.3, 0.4) is 0 Å². The van der Waals surface area contributed by atoms with Gasteiger partial charge in [0, 0.05) is 6.08 Å². The highest BCUT2D eigenvalue weighted by Crippen LogP contribution is 2.23. The van der Waals surface area contributed by atoms with Crippen LogP contribution in [-0.4, -0.2) is 32.3 Å². The zero-order chi connectivity index (χ0) is 11.4. The molecule has 0 saturated heterocycles. The van der Waals surface area contributed by atoms with Crippen LogP contribution in [0.2, 0.25) is 0 Å². The molecule has 0 aromatic heterocycles. The molecule has 0 saturated carbocycles. The molecule has 0 radical (unpaired) electrons. The van der Waals surface area contributed by atoms with Gasteiger partial charge in [0.1, 0.15) is 6.61 Å². The molecule has 0 amide bonds. The first-order valence-electron chi connectivity index (χ1n) is 3.29. The lowest BCUT2D eigenvalue weighted by atomic mass is 10.6. The highest BCUT2D eigenvalue weighted by Gasteiger charge is 2.45. The molecule has 0 aromatic rings. The van der Waals surface area contributed by atoms with Gasteiger partial charge >= 0.3 is 11.5 Å². The Morgan fingerprint density at radius 3 is 2.29 bits per heavy atom. The van der Waals surface area contributed by atoms with Gasteiger partial charge in [-0.1, -0.05) is 6.58 Å². The average Bonchev–Trinajstić information content (AvgIpc) is 2.01. The van der Waals surface area contributed by atoms with Crippen molar-refractivity contribution in [3.8, 4) is 0 Å². The number of sulfone groups is 1. The van der Waals surface area contributed by atoms with Crippen LogP contribution in [0.25, 0.3) is 0 Å². The smallest absolute Gasteiger partial charge is 0.461 e. The van der Waals surface area contributed by atoms with Crippen LogP contribution in [0.4, 0.5) is 13.2 Å². The Kier molecular flexibility index (Phi) is 4.11. The van der Waals surface area contributed by atoms with E-state index in [2.05, 4.69) is 11.3 Å². The summed E-state index contributed by atoms with van der Waals surface area (Å²) in [6.45, 7) is 2.14. The Balaban J connectivity index is 4.16. The average molecular weight is 232 g/mol. The molecule has 0 aliphatic carbocycles. The maximum atomic E-state index is 11.7. The Hall–Kier alpha value is -1.05. The molecule has 0 spiro atoms. The number of hydrogen-bond donors (Lipinski definition) is 0. The molecule has 0 aliphatic heterocycles. The Morgan fingerprint density at radius 2 is 1.93 bits per heavy atom. The largest absolute Gasteiger partial charge is 0.497 e. The van der Waals surface area contributed by atoms with Crippen LogP contribution < -0.4 is 0 Å². The third kappa shape index (κ3) is 3.77. The van der Waals surface area contributed by atoms with E-state index in [4.69, 9.17) is 0 Å². The summed E-state index contributed by atoms with van der Waals surface area (Å²) in [4.78, 5) is 10.3. The maximum absolute atomic E-state index is 11.7. The topological polar surface area (TPSA) is 60.4 Å². The predicted molar refractivity (Wildman–Crippen MR) is 41.0 cm³/mol. The van der Waals surface area contributed by atoms with E-state index in [1.807, 2.05) is 0 Å². The Morgan fingerprint density at radius 1 is 1.43 bits per heavy atom. The minimum atomic E-state index is -5.31. The van der Waals surface area contributed by atoms with E-state index in [0.29, 0.717) is 0 Å². The second kappa shape index (κ2) is 4.45. The molecular formula is C6H7F3O4S. The number of rotatable bonds is 4. The van der Waals surface area contributed by atoms with E-state index < -0.39 is 33.7 Å². The highest BCUT2D eigenvalue weighted by atomic mass is 32.2. The molecule has 0 rings (SSSR count). The fourth-order valence-electron chi connectivity index (χ4n) is 0.427. The first-order valence-corrected chi connectivity index (χ1v) is 4.94. The lowest BCUT2D eigenvalue weighted by Crippen LogP contribution is -2.28. The summed E-state index contributed by atoms with van der Waals surface area (Å²) in [7, 11) is -5.21. The number of hydrogen-bond acceptors (Lipinski definition) is 4. The Bertz CT molecular complexity index is 316. The van der Waals surface area contributed by atoms with E-state index in [1.165, 1.54) is 0 Å². The van der Waals surface area contributed by atoms with Crippen molar-refractivity contribution < 1.29 is 31.1 Å². The Labute approximate surface area is 78.3 Å². The number of alkyl halides is 3. The zero-order valence-corrected chi connectivity index (χ0v) is 7.69. The van der Waals surface area contributed by atoms with Gasteiger partial charge in [-0.05, 0) is 0 Å². The summed E-state index contributed by atoms with van der Waals surface area (Å²) in [5.41, 5.74) is -5.31. The number of halogens is 3. The van der Waals surface area contributed by atoms with Crippen molar-refractivity contribution in [1.29, 1.82) is 0 Å². The quantitative estimate of drug-likeness (QED) is 0.527. The van der Waals surface area contributed by atoms with Crippen LogP contribution in [0.5, 0.6) is 0 Å². The number of carbonyl (C=O) groups excluding carboxylic acids is 1. The van der Waals surface area contributed by atoms with E-state index in [-0.39, 0.29) is 0 Å². The van der Waals surface area contributed by atoms with Crippen LogP contribution >= 0.6 is 0 Å². The van der Waals surface area contributed by atoms with Crippen LogP contribution in [0.1, 0.15) is 0 Å². The molecule has 0 atom stereocenters. The second-order valence-electron chi connectivity index (χ2n) is 2.14. The van der Waals surface area contributed by atoms with Gasteiger partial charge in [0.2, 0.25) is 0 Å². The van der Waals surface area contributed by atoms with Gasteiger partial charge in [-0.15, -0.1) is 0 Å². The van der Waals surface area contributed by atoms with Crippen molar-refractivity contribution in [3.05, 3.63) is 12.7 Å². The van der Waals surface area contributed by atoms with Crippen molar-refractivity contribution in [2.75, 3.05) is 12.4 Å². The minimum Gasteiger partial charge on any atom is -0.461 e. The fourth-order valence-corrected chi connectivity index (χ4v) is 0.961. The minimum absolute atomic E-state index is 0.722. The number of esters is 1. The van der Waals surface area contributed by atoms with Crippen LogP contribution in [-0.2, 0) is 19.4 Å². The van der Waals surface area contributed by atoms with Crippen molar-refractivity contribution in [2.45, 2.75) is 5.51 Å². The molecule has 0 unspecified atom stereocenters. The van der Waals surface area contributed by atoms with Gasteiger partial charge in [0.25, 0.3) is 9.84 Å². The SMILES string of the molecule is C=CC(=O)OCCS(=O)(=O)C(F)(F)F. The first kappa shape index (κ1) is 12.9. The van der Waals surface area contributed by atoms with Crippen LogP contribution in [0, 0.1) is 0 Å². The van der Waals surface area contributed by atoms with Crippen molar-refractivity contribution in [2.24, 2.45) is 0 Å².